The molecule has 0 aromatic carbocycles. The van der Waals surface area contributed by atoms with Crippen molar-refractivity contribution in [2.75, 3.05) is 27.3 Å². The zero-order valence-corrected chi connectivity index (χ0v) is 11.9. The van der Waals surface area contributed by atoms with E-state index in [0.29, 0.717) is 18.7 Å². The number of hydrogen-bond donors (Lipinski definition) is 2. The number of amides is 1. The van der Waals surface area contributed by atoms with Crippen molar-refractivity contribution in [3.8, 4) is 0 Å². The lowest BCUT2D eigenvalue weighted by Gasteiger charge is -2.15. The van der Waals surface area contributed by atoms with Crippen molar-refractivity contribution in [1.82, 2.24) is 9.88 Å². The van der Waals surface area contributed by atoms with E-state index in [9.17, 15) is 4.79 Å². The fraction of sp³-hybridized carbons (Fsp3) is 0.462. The molecule has 1 amide bonds. The number of nitrogens with two attached hydrogens (primary N) is 1. The summed E-state index contributed by atoms with van der Waals surface area (Å²) >= 11 is 0. The molecule has 0 aliphatic carbocycles. The largest absolute Gasteiger partial charge is 0.409 e. The normalized spacial score (nSPS) is 22.6. The van der Waals surface area contributed by atoms with Crippen LogP contribution in [-0.2, 0) is 9.47 Å². The number of ether oxygens (including phenoxy) is 2. The van der Waals surface area contributed by atoms with Crippen molar-refractivity contribution in [3.05, 3.63) is 29.6 Å². The van der Waals surface area contributed by atoms with Crippen LogP contribution in [0.5, 0.6) is 0 Å². The van der Waals surface area contributed by atoms with Gasteiger partial charge in [-0.1, -0.05) is 5.16 Å². The molecule has 1 fully saturated rings. The summed E-state index contributed by atoms with van der Waals surface area (Å²) in [6.45, 7) is 0.912. The number of nitrogens with zero attached hydrogens (tertiary/aromatic N) is 3. The smallest absolute Gasteiger partial charge is 0.272 e. The second-order valence-corrected chi connectivity index (χ2v) is 4.68. The van der Waals surface area contributed by atoms with Crippen molar-refractivity contribution < 1.29 is 19.5 Å². The van der Waals surface area contributed by atoms with E-state index >= 15 is 0 Å². The van der Waals surface area contributed by atoms with Gasteiger partial charge in [0.15, 0.2) is 5.84 Å². The number of amidine groups is 1. The Bertz CT molecular complexity index is 519. The van der Waals surface area contributed by atoms with E-state index in [4.69, 9.17) is 20.4 Å². The molecule has 1 aromatic heterocycles. The molecule has 0 spiro atoms. The molecule has 1 aromatic rings. The highest BCUT2D eigenvalue weighted by atomic mass is 16.5. The van der Waals surface area contributed by atoms with Crippen LogP contribution in [0.4, 0.5) is 0 Å². The zero-order chi connectivity index (χ0) is 15.4. The minimum Gasteiger partial charge on any atom is -0.409 e. The average molecular weight is 294 g/mol. The molecule has 2 unspecified atom stereocenters. The minimum absolute atomic E-state index is 0.0541. The minimum atomic E-state index is -0.206. The molecule has 114 valence electrons. The van der Waals surface area contributed by atoms with E-state index in [1.54, 1.807) is 25.2 Å². The molecule has 0 saturated carbocycles. The second-order valence-electron chi connectivity index (χ2n) is 4.68. The highest BCUT2D eigenvalue weighted by Crippen LogP contribution is 2.17. The molecule has 8 heteroatoms. The molecule has 1 aliphatic rings. The SMILES string of the molecule is COC1CN(C(=O)c2ccc(/C(N)=N/O)cn2)CC1OC. The Morgan fingerprint density at radius 1 is 1.38 bits per heavy atom. The maximum Gasteiger partial charge on any atom is 0.272 e. The van der Waals surface area contributed by atoms with E-state index in [0.717, 1.165) is 0 Å². The van der Waals surface area contributed by atoms with Gasteiger partial charge in [-0.2, -0.15) is 0 Å². The van der Waals surface area contributed by atoms with Crippen LogP contribution >= 0.6 is 0 Å². The Kier molecular flexibility index (Phi) is 4.71. The first-order valence-corrected chi connectivity index (χ1v) is 6.39. The molecular weight excluding hydrogens is 276 g/mol. The number of likely N-dealkylation sites (tertiary alicyclic amines) is 1. The third-order valence-electron chi connectivity index (χ3n) is 3.49. The number of oxime groups is 1. The zero-order valence-electron chi connectivity index (χ0n) is 11.9. The summed E-state index contributed by atoms with van der Waals surface area (Å²) in [6, 6.07) is 3.12. The first-order chi connectivity index (χ1) is 10.1. The lowest BCUT2D eigenvalue weighted by Crippen LogP contribution is -2.30. The van der Waals surface area contributed by atoms with Crippen molar-refractivity contribution in [2.45, 2.75) is 12.2 Å². The Hall–Kier alpha value is -2.19. The van der Waals surface area contributed by atoms with Gasteiger partial charge in [-0.15, -0.1) is 0 Å². The van der Waals surface area contributed by atoms with Crippen LogP contribution in [0.25, 0.3) is 0 Å². The summed E-state index contributed by atoms with van der Waals surface area (Å²) in [6.07, 6.45) is 1.10. The number of aromatic nitrogens is 1. The van der Waals surface area contributed by atoms with Gasteiger partial charge < -0.3 is 25.3 Å². The van der Waals surface area contributed by atoms with Gasteiger partial charge in [0.05, 0.1) is 0 Å². The van der Waals surface area contributed by atoms with Crippen LogP contribution in [0.1, 0.15) is 16.1 Å². The molecular formula is C13H18N4O4. The van der Waals surface area contributed by atoms with Gasteiger partial charge in [0.25, 0.3) is 5.91 Å². The van der Waals surface area contributed by atoms with Crippen LogP contribution in [0.3, 0.4) is 0 Å². The van der Waals surface area contributed by atoms with Gasteiger partial charge in [-0.25, -0.2) is 0 Å². The predicted molar refractivity (Wildman–Crippen MR) is 74.2 cm³/mol. The molecule has 0 radical (unpaired) electrons. The number of methoxy groups -OCH3 is 2. The van der Waals surface area contributed by atoms with E-state index in [-0.39, 0.29) is 29.6 Å². The fourth-order valence-corrected chi connectivity index (χ4v) is 2.25. The van der Waals surface area contributed by atoms with E-state index < -0.39 is 0 Å². The Morgan fingerprint density at radius 2 is 2.00 bits per heavy atom. The summed E-state index contributed by atoms with van der Waals surface area (Å²) in [7, 11) is 3.18. The number of pyridine rings is 1. The van der Waals surface area contributed by atoms with Crippen molar-refractivity contribution in [2.24, 2.45) is 10.9 Å². The van der Waals surface area contributed by atoms with Crippen molar-refractivity contribution >= 4 is 11.7 Å². The summed E-state index contributed by atoms with van der Waals surface area (Å²) in [5, 5.41) is 11.5. The average Bonchev–Trinajstić information content (AvgIpc) is 2.96. The molecule has 1 saturated heterocycles. The van der Waals surface area contributed by atoms with Crippen LogP contribution in [0, 0.1) is 0 Å². The van der Waals surface area contributed by atoms with E-state index in [2.05, 4.69) is 10.1 Å². The van der Waals surface area contributed by atoms with Gasteiger partial charge in [0.2, 0.25) is 0 Å². The number of rotatable bonds is 4. The molecule has 8 nitrogen and oxygen atoms in total. The maximum absolute atomic E-state index is 12.4. The highest BCUT2D eigenvalue weighted by molar-refractivity contribution is 5.98. The van der Waals surface area contributed by atoms with Gasteiger partial charge >= 0.3 is 0 Å². The van der Waals surface area contributed by atoms with Gasteiger partial charge in [-0.3, -0.25) is 9.78 Å². The molecule has 1 aliphatic heterocycles. The number of carbonyl (C=O) groups is 1. The topological polar surface area (TPSA) is 110 Å². The Labute approximate surface area is 122 Å². The van der Waals surface area contributed by atoms with Crippen LogP contribution < -0.4 is 5.73 Å². The van der Waals surface area contributed by atoms with Crippen LogP contribution in [-0.4, -0.2) is 66.4 Å². The van der Waals surface area contributed by atoms with Crippen LogP contribution in [0.2, 0.25) is 0 Å². The molecule has 2 heterocycles. The maximum atomic E-state index is 12.4. The van der Waals surface area contributed by atoms with E-state index in [1.807, 2.05) is 0 Å². The summed E-state index contributed by atoms with van der Waals surface area (Å²) in [5.74, 6) is -0.260. The lowest BCUT2D eigenvalue weighted by molar-refractivity contribution is -0.00461. The van der Waals surface area contributed by atoms with Gasteiger partial charge in [0, 0.05) is 39.1 Å². The van der Waals surface area contributed by atoms with Crippen molar-refractivity contribution in [1.29, 1.82) is 0 Å². The highest BCUT2D eigenvalue weighted by Gasteiger charge is 2.36. The lowest BCUT2D eigenvalue weighted by atomic mass is 10.2. The third kappa shape index (κ3) is 3.11. The fourth-order valence-electron chi connectivity index (χ4n) is 2.25. The first-order valence-electron chi connectivity index (χ1n) is 6.39. The van der Waals surface area contributed by atoms with E-state index in [1.165, 1.54) is 12.3 Å². The summed E-state index contributed by atoms with van der Waals surface area (Å²) < 4.78 is 10.6. The summed E-state index contributed by atoms with van der Waals surface area (Å²) in [4.78, 5) is 18.0. The molecule has 2 rings (SSSR count). The standard InChI is InChI=1S/C13H18N4O4/c1-20-10-6-17(7-11(10)21-2)13(18)9-4-3-8(5-15-9)12(14)16-19/h3-5,10-11,19H,6-7H2,1-2H3,(H2,14,16). The monoisotopic (exact) mass is 294 g/mol. The van der Waals surface area contributed by atoms with Gasteiger partial charge in [0.1, 0.15) is 17.9 Å². The van der Waals surface area contributed by atoms with Crippen molar-refractivity contribution in [3.63, 3.8) is 0 Å². The molecule has 0 bridgehead atoms. The third-order valence-corrected chi connectivity index (χ3v) is 3.49. The number of hydrogen-bond acceptors (Lipinski definition) is 6. The Balaban J connectivity index is 2.10. The van der Waals surface area contributed by atoms with Gasteiger partial charge in [-0.05, 0) is 12.1 Å². The Morgan fingerprint density at radius 3 is 2.43 bits per heavy atom. The quantitative estimate of drug-likeness (QED) is 0.340. The first kappa shape index (κ1) is 15.2. The molecule has 21 heavy (non-hydrogen) atoms. The molecule has 3 N–H and O–H groups in total. The molecule has 2 atom stereocenters. The van der Waals surface area contributed by atoms with Crippen LogP contribution in [0.15, 0.2) is 23.5 Å². The summed E-state index contributed by atoms with van der Waals surface area (Å²) in [5.41, 5.74) is 6.18. The predicted octanol–water partition coefficient (Wildman–Crippen LogP) is -0.338. The number of carbonyl (C=O) groups excluding carboxylic acids is 1. The second kappa shape index (κ2) is 6.51.